The summed E-state index contributed by atoms with van der Waals surface area (Å²) >= 11 is 0. The first kappa shape index (κ1) is 28.7. The molecule has 1 aliphatic rings. The molecule has 0 aliphatic carbocycles. The van der Waals surface area contributed by atoms with Crippen LogP contribution in [-0.2, 0) is 25.5 Å². The lowest BCUT2D eigenvalue weighted by Gasteiger charge is -2.46. The van der Waals surface area contributed by atoms with Crippen molar-refractivity contribution in [1.29, 1.82) is 0 Å². The Bertz CT molecular complexity index is 904. The molecule has 4 unspecified atom stereocenters. The molecule has 6 atom stereocenters. The fraction of sp³-hybridized carbons (Fsp3) is 0.591. The zero-order valence-corrected chi connectivity index (χ0v) is 18.6. The molecule has 1 aliphatic heterocycles. The van der Waals surface area contributed by atoms with Gasteiger partial charge in [-0.2, -0.15) is 13.2 Å². The predicted molar refractivity (Wildman–Crippen MR) is 110 cm³/mol. The second-order valence-corrected chi connectivity index (χ2v) is 8.39. The fourth-order valence-corrected chi connectivity index (χ4v) is 3.80. The molecule has 0 saturated carbocycles. The SMILES string of the molecule is CC(=O)CC1C(O)CC(Oc2ccc(CCC(=O)C(F)(F)F)cc2)(C(=O)O)OC1[C@H](O)[C@H](O)CO. The monoisotopic (exact) mass is 508 g/mol. The van der Waals surface area contributed by atoms with Crippen LogP contribution in [0.2, 0.25) is 0 Å². The van der Waals surface area contributed by atoms with E-state index in [0.29, 0.717) is 5.56 Å². The van der Waals surface area contributed by atoms with Crippen LogP contribution in [0.25, 0.3) is 0 Å². The summed E-state index contributed by atoms with van der Waals surface area (Å²) < 4.78 is 48.1. The number of aliphatic hydroxyl groups is 4. The maximum Gasteiger partial charge on any atom is 0.449 e. The maximum absolute atomic E-state index is 12.4. The number of hydrogen-bond acceptors (Lipinski definition) is 9. The quantitative estimate of drug-likeness (QED) is 0.281. The number of aliphatic carboxylic acids is 1. The van der Waals surface area contributed by atoms with Crippen LogP contribution in [0.15, 0.2) is 24.3 Å². The van der Waals surface area contributed by atoms with E-state index in [1.807, 2.05) is 0 Å². The van der Waals surface area contributed by atoms with Crippen LogP contribution in [0.1, 0.15) is 31.7 Å². The normalized spacial score (nSPS) is 26.6. The lowest BCUT2D eigenvalue weighted by Crippen LogP contribution is -2.63. The maximum atomic E-state index is 12.4. The number of benzene rings is 1. The first-order chi connectivity index (χ1) is 16.2. The Hall–Kier alpha value is -2.58. The van der Waals surface area contributed by atoms with E-state index in [1.165, 1.54) is 31.2 Å². The highest BCUT2D eigenvalue weighted by molar-refractivity contribution is 5.84. The summed E-state index contributed by atoms with van der Waals surface area (Å²) in [4.78, 5) is 34.8. The van der Waals surface area contributed by atoms with E-state index in [9.17, 15) is 48.0 Å². The van der Waals surface area contributed by atoms with E-state index in [2.05, 4.69) is 0 Å². The molecule has 10 nitrogen and oxygen atoms in total. The minimum Gasteiger partial charge on any atom is -0.476 e. The van der Waals surface area contributed by atoms with Gasteiger partial charge in [0.1, 0.15) is 23.7 Å². The number of carbonyl (C=O) groups excluding carboxylic acids is 2. The van der Waals surface area contributed by atoms with Crippen molar-refractivity contribution >= 4 is 17.5 Å². The number of carboxylic acids is 1. The predicted octanol–water partition coefficient (Wildman–Crippen LogP) is 0.369. The van der Waals surface area contributed by atoms with Crippen LogP contribution in [0.5, 0.6) is 5.75 Å². The number of ether oxygens (including phenoxy) is 2. The smallest absolute Gasteiger partial charge is 0.449 e. The Morgan fingerprint density at radius 2 is 1.80 bits per heavy atom. The van der Waals surface area contributed by atoms with Crippen molar-refractivity contribution in [3.05, 3.63) is 29.8 Å². The van der Waals surface area contributed by atoms with Crippen LogP contribution >= 0.6 is 0 Å². The van der Waals surface area contributed by atoms with Crippen molar-refractivity contribution in [1.82, 2.24) is 0 Å². The van der Waals surface area contributed by atoms with E-state index < -0.39 is 79.3 Å². The number of alkyl halides is 3. The van der Waals surface area contributed by atoms with Gasteiger partial charge in [0.15, 0.2) is 0 Å². The largest absolute Gasteiger partial charge is 0.476 e. The van der Waals surface area contributed by atoms with Gasteiger partial charge in [-0.05, 0) is 31.0 Å². The molecule has 196 valence electrons. The van der Waals surface area contributed by atoms with E-state index in [1.54, 1.807) is 0 Å². The standard InChI is InChI=1S/C22H27F3O10/c1-11(27)8-14-15(28)9-21(20(32)33,35-19(14)18(31)16(29)10-26)34-13-5-2-12(3-6-13)4-7-17(30)22(23,24)25/h2-3,5-6,14-16,18-19,26,28-29,31H,4,7-10H2,1H3,(H,32,33)/t14?,15?,16-,18-,19?,21?/m1/s1. The molecule has 1 aromatic carbocycles. The molecular weight excluding hydrogens is 481 g/mol. The Labute approximate surface area is 197 Å². The van der Waals surface area contributed by atoms with Gasteiger partial charge in [0.25, 0.3) is 0 Å². The molecule has 1 saturated heterocycles. The van der Waals surface area contributed by atoms with Gasteiger partial charge in [-0.15, -0.1) is 0 Å². The van der Waals surface area contributed by atoms with Gasteiger partial charge in [0, 0.05) is 18.8 Å². The van der Waals surface area contributed by atoms with Gasteiger partial charge in [-0.25, -0.2) is 4.79 Å². The first-order valence-corrected chi connectivity index (χ1v) is 10.6. The molecule has 13 heteroatoms. The Kier molecular flexibility index (Phi) is 9.36. The summed E-state index contributed by atoms with van der Waals surface area (Å²) in [6.07, 6.45) is -13.7. The zero-order chi connectivity index (χ0) is 26.6. The number of hydrogen-bond donors (Lipinski definition) is 5. The van der Waals surface area contributed by atoms with Crippen LogP contribution < -0.4 is 4.74 Å². The van der Waals surface area contributed by atoms with Crippen LogP contribution in [0.3, 0.4) is 0 Å². The number of Topliss-reactive ketones (excluding diaryl/α,β-unsaturated/α-hetero) is 2. The lowest BCUT2D eigenvalue weighted by molar-refractivity contribution is -0.293. The van der Waals surface area contributed by atoms with Crippen LogP contribution in [-0.4, -0.2) is 86.1 Å². The van der Waals surface area contributed by atoms with Crippen molar-refractivity contribution in [3.63, 3.8) is 0 Å². The summed E-state index contributed by atoms with van der Waals surface area (Å²) in [5, 5.41) is 49.9. The number of aryl methyl sites for hydroxylation is 1. The number of rotatable bonds is 11. The third-order valence-corrected chi connectivity index (χ3v) is 5.65. The van der Waals surface area contributed by atoms with Gasteiger partial charge in [0.05, 0.1) is 25.2 Å². The minimum absolute atomic E-state index is 0.119. The third-order valence-electron chi connectivity index (χ3n) is 5.65. The number of carboxylic acid groups (broad SMARTS) is 1. The van der Waals surface area contributed by atoms with Gasteiger partial charge in [-0.1, -0.05) is 12.1 Å². The first-order valence-electron chi connectivity index (χ1n) is 10.6. The number of carbonyl (C=O) groups is 3. The van der Waals surface area contributed by atoms with E-state index in [4.69, 9.17) is 14.6 Å². The minimum atomic E-state index is -4.94. The van der Waals surface area contributed by atoms with E-state index in [0.717, 1.165) is 0 Å². The number of halogens is 3. The second-order valence-electron chi connectivity index (χ2n) is 8.39. The average Bonchev–Trinajstić information content (AvgIpc) is 2.77. The highest BCUT2D eigenvalue weighted by Crippen LogP contribution is 2.39. The van der Waals surface area contributed by atoms with Gasteiger partial charge < -0.3 is 39.8 Å². The summed E-state index contributed by atoms with van der Waals surface area (Å²) in [6, 6.07) is 5.08. The molecule has 2 rings (SSSR count). The van der Waals surface area contributed by atoms with Gasteiger partial charge in [0.2, 0.25) is 5.78 Å². The molecular formula is C22H27F3O10. The van der Waals surface area contributed by atoms with Crippen LogP contribution in [0.4, 0.5) is 13.2 Å². The molecule has 0 bridgehead atoms. The number of aliphatic hydroxyl groups excluding tert-OH is 4. The van der Waals surface area contributed by atoms with Crippen molar-refractivity contribution in [2.24, 2.45) is 5.92 Å². The molecule has 0 amide bonds. The van der Waals surface area contributed by atoms with Crippen molar-refractivity contribution in [2.45, 2.75) is 69.0 Å². The fourth-order valence-electron chi connectivity index (χ4n) is 3.80. The molecule has 1 fully saturated rings. The highest BCUT2D eigenvalue weighted by atomic mass is 19.4. The lowest BCUT2D eigenvalue weighted by atomic mass is 9.80. The summed E-state index contributed by atoms with van der Waals surface area (Å²) in [7, 11) is 0. The molecule has 0 aromatic heterocycles. The Morgan fingerprint density at radius 1 is 1.20 bits per heavy atom. The average molecular weight is 508 g/mol. The van der Waals surface area contributed by atoms with E-state index >= 15 is 0 Å². The topological polar surface area (TPSA) is 171 Å². The molecule has 1 aromatic rings. The van der Waals surface area contributed by atoms with E-state index in [-0.39, 0.29) is 18.6 Å². The molecule has 0 spiro atoms. The molecule has 5 N–H and O–H groups in total. The zero-order valence-electron chi connectivity index (χ0n) is 18.6. The molecule has 0 radical (unpaired) electrons. The molecule has 35 heavy (non-hydrogen) atoms. The summed E-state index contributed by atoms with van der Waals surface area (Å²) in [5.74, 6) is -7.80. The summed E-state index contributed by atoms with van der Waals surface area (Å²) in [5.41, 5.74) is 0.338. The third kappa shape index (κ3) is 7.21. The van der Waals surface area contributed by atoms with Crippen molar-refractivity contribution < 1.29 is 62.6 Å². The van der Waals surface area contributed by atoms with Gasteiger partial charge in [-0.3, -0.25) is 4.79 Å². The van der Waals surface area contributed by atoms with Gasteiger partial charge >= 0.3 is 17.9 Å². The summed E-state index contributed by atoms with van der Waals surface area (Å²) in [6.45, 7) is 0.293. The van der Waals surface area contributed by atoms with Crippen molar-refractivity contribution in [2.75, 3.05) is 6.61 Å². The molecule has 1 heterocycles. The highest BCUT2D eigenvalue weighted by Gasteiger charge is 2.56. The Balaban J connectivity index is 2.26. The Morgan fingerprint density at radius 3 is 2.29 bits per heavy atom. The van der Waals surface area contributed by atoms with Crippen LogP contribution in [0, 0.1) is 5.92 Å². The van der Waals surface area contributed by atoms with Crippen molar-refractivity contribution in [3.8, 4) is 5.75 Å². The number of ketones is 2. The second kappa shape index (κ2) is 11.4.